The van der Waals surface area contributed by atoms with E-state index >= 15 is 0 Å². The standard InChI is InChI=1S/C10H16BrN3O/c1-7(5-13(2)3)14-6-8(12)4-9(11)10(14)15/h4,6-7H,5,12H2,1-3H3. The van der Waals surface area contributed by atoms with Gasteiger partial charge in [0, 0.05) is 24.5 Å². The van der Waals surface area contributed by atoms with Gasteiger partial charge in [0.05, 0.1) is 4.47 Å². The Hall–Kier alpha value is -0.810. The van der Waals surface area contributed by atoms with Crippen molar-refractivity contribution in [1.82, 2.24) is 9.47 Å². The highest BCUT2D eigenvalue weighted by molar-refractivity contribution is 9.10. The Morgan fingerprint density at radius 2 is 2.20 bits per heavy atom. The number of pyridine rings is 1. The molecule has 1 atom stereocenters. The first-order valence-electron chi connectivity index (χ1n) is 4.73. The zero-order valence-corrected chi connectivity index (χ0v) is 10.8. The van der Waals surface area contributed by atoms with Gasteiger partial charge in [-0.25, -0.2) is 0 Å². The zero-order chi connectivity index (χ0) is 11.6. The van der Waals surface area contributed by atoms with Gasteiger partial charge in [-0.15, -0.1) is 0 Å². The second-order valence-electron chi connectivity index (χ2n) is 3.95. The summed E-state index contributed by atoms with van der Waals surface area (Å²) in [6.45, 7) is 2.79. The minimum atomic E-state index is -0.0430. The van der Waals surface area contributed by atoms with Gasteiger partial charge in [0.2, 0.25) is 0 Å². The van der Waals surface area contributed by atoms with E-state index in [1.54, 1.807) is 16.8 Å². The normalized spacial score (nSPS) is 13.1. The predicted octanol–water partition coefficient (Wildman–Crippen LogP) is 1.32. The average molecular weight is 274 g/mol. The summed E-state index contributed by atoms with van der Waals surface area (Å²) in [7, 11) is 3.95. The molecule has 2 N–H and O–H groups in total. The van der Waals surface area contributed by atoms with E-state index in [0.717, 1.165) is 6.54 Å². The van der Waals surface area contributed by atoms with Gasteiger partial charge < -0.3 is 15.2 Å². The van der Waals surface area contributed by atoms with Crippen molar-refractivity contribution < 1.29 is 0 Å². The van der Waals surface area contributed by atoms with Gasteiger partial charge in [0.15, 0.2) is 0 Å². The summed E-state index contributed by atoms with van der Waals surface area (Å²) in [5.74, 6) is 0. The summed E-state index contributed by atoms with van der Waals surface area (Å²) in [4.78, 5) is 13.8. The van der Waals surface area contributed by atoms with Crippen molar-refractivity contribution in [3.8, 4) is 0 Å². The van der Waals surface area contributed by atoms with E-state index in [2.05, 4.69) is 15.9 Å². The third kappa shape index (κ3) is 3.07. The van der Waals surface area contributed by atoms with E-state index in [4.69, 9.17) is 5.73 Å². The molecule has 15 heavy (non-hydrogen) atoms. The number of likely N-dealkylation sites (N-methyl/N-ethyl adjacent to an activating group) is 1. The van der Waals surface area contributed by atoms with Gasteiger partial charge in [-0.1, -0.05) is 0 Å². The molecule has 0 saturated carbocycles. The molecule has 0 aliphatic rings. The Morgan fingerprint density at radius 3 is 2.73 bits per heavy atom. The first-order valence-corrected chi connectivity index (χ1v) is 5.53. The number of anilines is 1. The lowest BCUT2D eigenvalue weighted by Crippen LogP contribution is -2.30. The first-order chi connectivity index (χ1) is 6.91. The molecule has 1 heterocycles. The summed E-state index contributed by atoms with van der Waals surface area (Å²) >= 11 is 3.20. The number of hydrogen-bond donors (Lipinski definition) is 1. The van der Waals surface area contributed by atoms with Crippen molar-refractivity contribution in [2.24, 2.45) is 0 Å². The Kier molecular flexibility index (Phi) is 3.93. The molecular weight excluding hydrogens is 258 g/mol. The maximum Gasteiger partial charge on any atom is 0.265 e. The summed E-state index contributed by atoms with van der Waals surface area (Å²) in [5, 5.41) is 0. The minimum Gasteiger partial charge on any atom is -0.398 e. The maximum absolute atomic E-state index is 11.8. The first kappa shape index (κ1) is 12.3. The van der Waals surface area contributed by atoms with Crippen molar-refractivity contribution in [3.05, 3.63) is 27.1 Å². The van der Waals surface area contributed by atoms with Crippen molar-refractivity contribution in [2.45, 2.75) is 13.0 Å². The number of hydrogen-bond acceptors (Lipinski definition) is 3. The molecule has 1 aromatic rings. The van der Waals surface area contributed by atoms with Crippen LogP contribution in [0.15, 0.2) is 21.5 Å². The highest BCUT2D eigenvalue weighted by Gasteiger charge is 2.10. The predicted molar refractivity (Wildman–Crippen MR) is 66.1 cm³/mol. The van der Waals surface area contributed by atoms with Gasteiger partial charge in [-0.05, 0) is 43.0 Å². The summed E-state index contributed by atoms with van der Waals surface area (Å²) in [6, 6.07) is 1.73. The van der Waals surface area contributed by atoms with Gasteiger partial charge in [-0.3, -0.25) is 4.79 Å². The van der Waals surface area contributed by atoms with Crippen LogP contribution in [-0.4, -0.2) is 30.1 Å². The zero-order valence-electron chi connectivity index (χ0n) is 9.20. The van der Waals surface area contributed by atoms with E-state index < -0.39 is 0 Å². The smallest absolute Gasteiger partial charge is 0.265 e. The van der Waals surface area contributed by atoms with Crippen LogP contribution < -0.4 is 11.3 Å². The topological polar surface area (TPSA) is 51.3 Å². The molecule has 5 heteroatoms. The van der Waals surface area contributed by atoms with Crippen LogP contribution in [0.5, 0.6) is 0 Å². The number of nitrogens with zero attached hydrogens (tertiary/aromatic N) is 2. The van der Waals surface area contributed by atoms with Gasteiger partial charge >= 0.3 is 0 Å². The molecule has 0 fully saturated rings. The number of rotatable bonds is 3. The summed E-state index contributed by atoms with van der Waals surface area (Å²) < 4.78 is 2.16. The molecule has 0 bridgehead atoms. The van der Waals surface area contributed by atoms with Crippen LogP contribution in [0.4, 0.5) is 5.69 Å². The lowest BCUT2D eigenvalue weighted by atomic mass is 10.3. The van der Waals surface area contributed by atoms with E-state index in [1.807, 2.05) is 25.9 Å². The largest absolute Gasteiger partial charge is 0.398 e. The third-order valence-electron chi connectivity index (χ3n) is 2.12. The molecule has 0 aliphatic carbocycles. The fourth-order valence-electron chi connectivity index (χ4n) is 1.53. The molecule has 0 saturated heterocycles. The number of halogens is 1. The molecule has 0 aliphatic heterocycles. The van der Waals surface area contributed by atoms with Crippen molar-refractivity contribution in [2.75, 3.05) is 26.4 Å². The van der Waals surface area contributed by atoms with Crippen LogP contribution in [0, 0.1) is 0 Å². The second-order valence-corrected chi connectivity index (χ2v) is 4.80. The molecule has 84 valence electrons. The maximum atomic E-state index is 11.8. The summed E-state index contributed by atoms with van der Waals surface area (Å²) in [5.41, 5.74) is 6.24. The van der Waals surface area contributed by atoms with Crippen LogP contribution in [0.2, 0.25) is 0 Å². The molecule has 1 rings (SSSR count). The van der Waals surface area contributed by atoms with Gasteiger partial charge in [-0.2, -0.15) is 0 Å². The molecule has 1 aromatic heterocycles. The van der Waals surface area contributed by atoms with Gasteiger partial charge in [0.25, 0.3) is 5.56 Å². The molecule has 0 spiro atoms. The fraction of sp³-hybridized carbons (Fsp3) is 0.500. The Labute approximate surface area is 97.8 Å². The van der Waals surface area contributed by atoms with Crippen LogP contribution in [0.1, 0.15) is 13.0 Å². The summed E-state index contributed by atoms with van der Waals surface area (Å²) in [6.07, 6.45) is 1.68. The van der Waals surface area contributed by atoms with Crippen LogP contribution in [0.25, 0.3) is 0 Å². The lowest BCUT2D eigenvalue weighted by molar-refractivity contribution is 0.332. The highest BCUT2D eigenvalue weighted by Crippen LogP contribution is 2.12. The van der Waals surface area contributed by atoms with E-state index in [1.165, 1.54) is 0 Å². The third-order valence-corrected chi connectivity index (χ3v) is 2.69. The van der Waals surface area contributed by atoms with E-state index in [9.17, 15) is 4.79 Å². The molecule has 0 radical (unpaired) electrons. The lowest BCUT2D eigenvalue weighted by Gasteiger charge is -2.19. The number of nitrogen functional groups attached to an aromatic ring is 1. The SMILES string of the molecule is CC(CN(C)C)n1cc(N)cc(Br)c1=O. The molecule has 4 nitrogen and oxygen atoms in total. The molecule has 0 aromatic carbocycles. The molecular formula is C10H16BrN3O. The van der Waals surface area contributed by atoms with E-state index in [0.29, 0.717) is 10.2 Å². The van der Waals surface area contributed by atoms with Crippen molar-refractivity contribution >= 4 is 21.6 Å². The van der Waals surface area contributed by atoms with Crippen LogP contribution >= 0.6 is 15.9 Å². The second kappa shape index (κ2) is 4.81. The van der Waals surface area contributed by atoms with Crippen molar-refractivity contribution in [3.63, 3.8) is 0 Å². The highest BCUT2D eigenvalue weighted by atomic mass is 79.9. The quantitative estimate of drug-likeness (QED) is 0.904. The Morgan fingerprint density at radius 1 is 1.60 bits per heavy atom. The molecule has 0 amide bonds. The number of nitrogens with two attached hydrogens (primary N) is 1. The monoisotopic (exact) mass is 273 g/mol. The van der Waals surface area contributed by atoms with E-state index in [-0.39, 0.29) is 11.6 Å². The molecule has 1 unspecified atom stereocenters. The Bertz CT molecular complexity index is 400. The average Bonchev–Trinajstić information content (AvgIpc) is 2.09. The van der Waals surface area contributed by atoms with Crippen molar-refractivity contribution in [1.29, 1.82) is 0 Å². The number of aromatic nitrogens is 1. The van der Waals surface area contributed by atoms with Gasteiger partial charge in [0.1, 0.15) is 0 Å². The minimum absolute atomic E-state index is 0.0430. The fourth-order valence-corrected chi connectivity index (χ4v) is 2.00. The Balaban J connectivity index is 3.08. The van der Waals surface area contributed by atoms with Crippen LogP contribution in [0.3, 0.4) is 0 Å². The van der Waals surface area contributed by atoms with Crippen LogP contribution in [-0.2, 0) is 0 Å².